The van der Waals surface area contributed by atoms with E-state index in [4.69, 9.17) is 5.26 Å². The zero-order valence-corrected chi connectivity index (χ0v) is 11.2. The second-order valence-corrected chi connectivity index (χ2v) is 4.41. The maximum absolute atomic E-state index is 13.1. The molecule has 0 N–H and O–H groups in total. The molecule has 0 aliphatic rings. The molecule has 2 rings (SSSR count). The Labute approximate surface area is 126 Å². The van der Waals surface area contributed by atoms with Crippen molar-refractivity contribution in [3.8, 4) is 22.9 Å². The number of ether oxygens (including phenoxy) is 1. The monoisotopic (exact) mass is 331 g/mol. The first kappa shape index (κ1) is 16.7. The Morgan fingerprint density at radius 1 is 0.870 bits per heavy atom. The van der Waals surface area contributed by atoms with Gasteiger partial charge >= 0.3 is 12.5 Å². The summed E-state index contributed by atoms with van der Waals surface area (Å²) in [4.78, 5) is 0. The molecule has 0 aliphatic heterocycles. The number of benzene rings is 2. The molecule has 2 nitrogen and oxygen atoms in total. The van der Waals surface area contributed by atoms with Crippen LogP contribution in [-0.4, -0.2) is 6.36 Å². The van der Waals surface area contributed by atoms with Crippen molar-refractivity contribution < 1.29 is 31.1 Å². The Balaban J connectivity index is 2.69. The molecule has 0 spiro atoms. The Kier molecular flexibility index (Phi) is 4.23. The van der Waals surface area contributed by atoms with Crippen molar-refractivity contribution in [2.24, 2.45) is 0 Å². The molecule has 0 atom stereocenters. The van der Waals surface area contributed by atoms with E-state index in [0.29, 0.717) is 6.07 Å². The number of alkyl halides is 6. The summed E-state index contributed by atoms with van der Waals surface area (Å²) in [6.45, 7) is 0. The summed E-state index contributed by atoms with van der Waals surface area (Å²) >= 11 is 0. The van der Waals surface area contributed by atoms with E-state index in [1.54, 1.807) is 6.07 Å². The normalized spacial score (nSPS) is 11.9. The zero-order valence-electron chi connectivity index (χ0n) is 11.2. The van der Waals surface area contributed by atoms with E-state index >= 15 is 0 Å². The summed E-state index contributed by atoms with van der Waals surface area (Å²) in [5.41, 5.74) is -2.24. The van der Waals surface area contributed by atoms with Gasteiger partial charge in [-0.05, 0) is 29.8 Å². The van der Waals surface area contributed by atoms with Gasteiger partial charge in [-0.15, -0.1) is 13.2 Å². The molecule has 0 saturated carbocycles. The molecule has 8 heteroatoms. The fourth-order valence-electron chi connectivity index (χ4n) is 1.99. The Bertz CT molecular complexity index is 758. The molecule has 0 heterocycles. The molecule has 0 aromatic heterocycles. The lowest BCUT2D eigenvalue weighted by molar-refractivity contribution is -0.274. The second kappa shape index (κ2) is 5.83. The van der Waals surface area contributed by atoms with Crippen LogP contribution in [0.15, 0.2) is 42.5 Å². The minimum atomic E-state index is -5.05. The predicted molar refractivity (Wildman–Crippen MR) is 68.3 cm³/mol. The highest BCUT2D eigenvalue weighted by atomic mass is 19.4. The largest absolute Gasteiger partial charge is 0.573 e. The van der Waals surface area contributed by atoms with Crippen LogP contribution in [0.25, 0.3) is 11.1 Å². The van der Waals surface area contributed by atoms with Crippen LogP contribution in [0, 0.1) is 11.3 Å². The van der Waals surface area contributed by atoms with Crippen molar-refractivity contribution in [2.45, 2.75) is 12.5 Å². The molecule has 2 aromatic rings. The summed E-state index contributed by atoms with van der Waals surface area (Å²) in [6, 6.07) is 8.57. The van der Waals surface area contributed by atoms with Crippen molar-refractivity contribution in [3.05, 3.63) is 53.6 Å². The zero-order chi connectivity index (χ0) is 17.3. The van der Waals surface area contributed by atoms with E-state index in [-0.39, 0.29) is 5.56 Å². The number of halogens is 6. The first-order valence-electron chi connectivity index (χ1n) is 6.08. The van der Waals surface area contributed by atoms with Crippen LogP contribution >= 0.6 is 0 Å². The van der Waals surface area contributed by atoms with E-state index < -0.39 is 35.0 Å². The number of hydrogen-bond acceptors (Lipinski definition) is 2. The molecule has 0 unspecified atom stereocenters. The highest BCUT2D eigenvalue weighted by Gasteiger charge is 2.36. The van der Waals surface area contributed by atoms with Crippen LogP contribution in [-0.2, 0) is 6.18 Å². The molecule has 23 heavy (non-hydrogen) atoms. The van der Waals surface area contributed by atoms with Gasteiger partial charge in [-0.2, -0.15) is 18.4 Å². The third-order valence-corrected chi connectivity index (χ3v) is 2.86. The lowest BCUT2D eigenvalue weighted by Crippen LogP contribution is -2.18. The average Bonchev–Trinajstić information content (AvgIpc) is 2.44. The molecule has 0 aliphatic carbocycles. The molecule has 2 aromatic carbocycles. The van der Waals surface area contributed by atoms with Crippen LogP contribution in [0.4, 0.5) is 26.3 Å². The number of rotatable bonds is 2. The third kappa shape index (κ3) is 3.94. The van der Waals surface area contributed by atoms with Gasteiger partial charge in [0, 0.05) is 5.56 Å². The number of nitrogens with zero attached hydrogens (tertiary/aromatic N) is 1. The van der Waals surface area contributed by atoms with E-state index in [1.165, 1.54) is 12.1 Å². The van der Waals surface area contributed by atoms with E-state index in [1.807, 2.05) is 0 Å². The van der Waals surface area contributed by atoms with Gasteiger partial charge < -0.3 is 4.74 Å². The van der Waals surface area contributed by atoms with Gasteiger partial charge in [0.05, 0.1) is 17.2 Å². The lowest BCUT2D eigenvalue weighted by atomic mass is 9.96. The molecule has 120 valence electrons. The van der Waals surface area contributed by atoms with Crippen LogP contribution < -0.4 is 4.74 Å². The standard InChI is InChI=1S/C15H7F6NO/c16-14(17,18)12-6-5-9(8-22)7-11(12)10-3-1-2-4-13(10)23-15(19,20)21/h1-7H. The van der Waals surface area contributed by atoms with Crippen LogP contribution in [0.1, 0.15) is 11.1 Å². The SMILES string of the molecule is N#Cc1ccc(C(F)(F)F)c(-c2ccccc2OC(F)(F)F)c1. The summed E-state index contributed by atoms with van der Waals surface area (Å²) in [5.74, 6) is -0.777. The first-order chi connectivity index (χ1) is 10.6. The Morgan fingerprint density at radius 3 is 2.09 bits per heavy atom. The molecule has 0 fully saturated rings. The third-order valence-electron chi connectivity index (χ3n) is 2.86. The van der Waals surface area contributed by atoms with Gasteiger partial charge in [0.2, 0.25) is 0 Å². The first-order valence-corrected chi connectivity index (χ1v) is 6.08. The van der Waals surface area contributed by atoms with Crippen molar-refractivity contribution in [1.82, 2.24) is 0 Å². The Morgan fingerprint density at radius 2 is 1.52 bits per heavy atom. The lowest BCUT2D eigenvalue weighted by Gasteiger charge is -2.17. The fourth-order valence-corrected chi connectivity index (χ4v) is 1.99. The van der Waals surface area contributed by atoms with Gasteiger partial charge in [0.25, 0.3) is 0 Å². The minimum absolute atomic E-state index is 0.116. The van der Waals surface area contributed by atoms with Crippen LogP contribution in [0.3, 0.4) is 0 Å². The van der Waals surface area contributed by atoms with Gasteiger partial charge in [0.1, 0.15) is 5.75 Å². The molecule has 0 saturated heterocycles. The summed E-state index contributed by atoms with van der Waals surface area (Å²) < 4.78 is 80.3. The minimum Gasteiger partial charge on any atom is -0.405 e. The second-order valence-electron chi connectivity index (χ2n) is 4.41. The summed E-state index contributed by atoms with van der Waals surface area (Å²) in [6.07, 6.45) is -9.85. The van der Waals surface area contributed by atoms with Crippen molar-refractivity contribution in [1.29, 1.82) is 5.26 Å². The molecule has 0 amide bonds. The topological polar surface area (TPSA) is 33.0 Å². The quantitative estimate of drug-likeness (QED) is 0.714. The van der Waals surface area contributed by atoms with Crippen molar-refractivity contribution >= 4 is 0 Å². The smallest absolute Gasteiger partial charge is 0.405 e. The van der Waals surface area contributed by atoms with E-state index in [9.17, 15) is 26.3 Å². The van der Waals surface area contributed by atoms with E-state index in [2.05, 4.69) is 4.74 Å². The fraction of sp³-hybridized carbons (Fsp3) is 0.133. The summed E-state index contributed by atoms with van der Waals surface area (Å²) in [7, 11) is 0. The van der Waals surface area contributed by atoms with Gasteiger partial charge in [-0.1, -0.05) is 18.2 Å². The molecule has 0 bridgehead atoms. The van der Waals surface area contributed by atoms with E-state index in [0.717, 1.165) is 24.3 Å². The maximum atomic E-state index is 13.1. The van der Waals surface area contributed by atoms with Crippen molar-refractivity contribution in [2.75, 3.05) is 0 Å². The summed E-state index contributed by atoms with van der Waals surface area (Å²) in [5, 5.41) is 8.82. The number of nitriles is 1. The maximum Gasteiger partial charge on any atom is 0.573 e. The van der Waals surface area contributed by atoms with Crippen LogP contribution in [0.2, 0.25) is 0 Å². The highest BCUT2D eigenvalue weighted by molar-refractivity contribution is 5.75. The van der Waals surface area contributed by atoms with Gasteiger partial charge in [-0.3, -0.25) is 0 Å². The van der Waals surface area contributed by atoms with Crippen molar-refractivity contribution in [3.63, 3.8) is 0 Å². The highest BCUT2D eigenvalue weighted by Crippen LogP contribution is 2.41. The average molecular weight is 331 g/mol. The molecule has 0 radical (unpaired) electrons. The Hall–Kier alpha value is -2.69. The molecular formula is C15H7F6NO. The van der Waals surface area contributed by atoms with Crippen LogP contribution in [0.5, 0.6) is 5.75 Å². The predicted octanol–water partition coefficient (Wildman–Crippen LogP) is 5.14. The van der Waals surface area contributed by atoms with Gasteiger partial charge in [0.15, 0.2) is 0 Å². The molecular weight excluding hydrogens is 324 g/mol. The number of hydrogen-bond donors (Lipinski definition) is 0. The van der Waals surface area contributed by atoms with Gasteiger partial charge in [-0.25, -0.2) is 0 Å². The number of para-hydroxylation sites is 1.